The Kier molecular flexibility index (Phi) is 6.71. The largest absolute Gasteiger partial charge is 0.375 e. The second-order valence-corrected chi connectivity index (χ2v) is 7.55. The van der Waals surface area contributed by atoms with E-state index in [0.29, 0.717) is 11.8 Å². The maximum atomic E-state index is 5.99. The number of ether oxygens (including phenoxy) is 1. The van der Waals surface area contributed by atoms with Crippen LogP contribution in [0.1, 0.15) is 62.8 Å². The molecule has 1 atom stereocenters. The molecule has 25 heavy (non-hydrogen) atoms. The third-order valence-corrected chi connectivity index (χ3v) is 5.38. The van der Waals surface area contributed by atoms with Gasteiger partial charge in [-0.1, -0.05) is 0 Å². The number of halogens is 2. The van der Waals surface area contributed by atoms with Crippen LogP contribution in [0.3, 0.4) is 0 Å². The van der Waals surface area contributed by atoms with Crippen LogP contribution >= 0.6 is 24.8 Å². The van der Waals surface area contributed by atoms with Gasteiger partial charge in [0.15, 0.2) is 5.65 Å². The molecule has 4 rings (SSSR count). The summed E-state index contributed by atoms with van der Waals surface area (Å²) in [6.45, 7) is 7.27. The molecule has 0 saturated carbocycles. The zero-order chi connectivity index (χ0) is 15.9. The molecule has 2 saturated heterocycles. The number of piperidine rings is 1. The Hall–Kier alpha value is -0.880. The fourth-order valence-electron chi connectivity index (χ4n) is 3.83. The normalized spacial score (nSPS) is 23.7. The summed E-state index contributed by atoms with van der Waals surface area (Å²) >= 11 is 0. The number of rotatable bonds is 2. The van der Waals surface area contributed by atoms with E-state index in [9.17, 15) is 0 Å². The topological polar surface area (TPSA) is 62.8 Å². The molecule has 2 aromatic heterocycles. The Bertz CT molecular complexity index is 687. The Morgan fingerprint density at radius 3 is 2.56 bits per heavy atom. The molecular weight excluding hydrogens is 359 g/mol. The van der Waals surface area contributed by atoms with Gasteiger partial charge in [0.25, 0.3) is 0 Å². The summed E-state index contributed by atoms with van der Waals surface area (Å²) < 4.78 is 5.99. The lowest BCUT2D eigenvalue weighted by atomic mass is 9.90. The molecule has 2 fully saturated rings. The van der Waals surface area contributed by atoms with Gasteiger partial charge in [-0.15, -0.1) is 24.8 Å². The Balaban J connectivity index is 0.00000113. The van der Waals surface area contributed by atoms with E-state index in [1.807, 2.05) is 6.20 Å². The minimum atomic E-state index is 0. The van der Waals surface area contributed by atoms with Gasteiger partial charge in [-0.25, -0.2) is 9.97 Å². The maximum absolute atomic E-state index is 5.99. The van der Waals surface area contributed by atoms with Crippen molar-refractivity contribution in [2.75, 3.05) is 19.7 Å². The number of fused-ring (bicyclic) bond motifs is 1. The predicted molar refractivity (Wildman–Crippen MR) is 105 cm³/mol. The van der Waals surface area contributed by atoms with E-state index in [1.54, 1.807) is 0 Å². The second-order valence-electron chi connectivity index (χ2n) is 7.55. The monoisotopic (exact) mass is 386 g/mol. The average molecular weight is 387 g/mol. The minimum absolute atomic E-state index is 0. The highest BCUT2D eigenvalue weighted by molar-refractivity contribution is 5.85. The van der Waals surface area contributed by atoms with Crippen molar-refractivity contribution in [3.05, 3.63) is 23.7 Å². The molecule has 0 bridgehead atoms. The third kappa shape index (κ3) is 4.27. The first-order chi connectivity index (χ1) is 11.1. The number of hydrogen-bond acceptors (Lipinski definition) is 4. The lowest BCUT2D eigenvalue weighted by Gasteiger charge is -2.33. The number of hydrogen-bond donors (Lipinski definition) is 2. The zero-order valence-corrected chi connectivity index (χ0v) is 16.5. The Morgan fingerprint density at radius 2 is 1.88 bits per heavy atom. The molecule has 140 valence electrons. The zero-order valence-electron chi connectivity index (χ0n) is 14.9. The smallest absolute Gasteiger partial charge is 0.177 e. The van der Waals surface area contributed by atoms with Gasteiger partial charge >= 0.3 is 0 Å². The third-order valence-electron chi connectivity index (χ3n) is 5.38. The molecule has 0 spiro atoms. The molecule has 5 nitrogen and oxygen atoms in total. The average Bonchev–Trinajstić information content (AvgIpc) is 2.99. The molecule has 2 aromatic rings. The number of H-pyrrole nitrogens is 1. The Labute approximate surface area is 161 Å². The van der Waals surface area contributed by atoms with Crippen molar-refractivity contribution >= 4 is 36.0 Å². The van der Waals surface area contributed by atoms with Gasteiger partial charge in [0.1, 0.15) is 5.82 Å². The summed E-state index contributed by atoms with van der Waals surface area (Å²) in [5.41, 5.74) is 3.38. The number of imidazole rings is 1. The van der Waals surface area contributed by atoms with Crippen LogP contribution in [-0.4, -0.2) is 40.2 Å². The van der Waals surface area contributed by atoms with Crippen molar-refractivity contribution < 1.29 is 4.74 Å². The molecule has 4 heterocycles. The number of pyridine rings is 1. The van der Waals surface area contributed by atoms with Crippen LogP contribution in [0.25, 0.3) is 11.2 Å². The highest BCUT2D eigenvalue weighted by Gasteiger charge is 2.30. The molecule has 0 radical (unpaired) electrons. The molecule has 0 amide bonds. The quantitative estimate of drug-likeness (QED) is 0.819. The summed E-state index contributed by atoms with van der Waals surface area (Å²) in [5.74, 6) is 2.01. The van der Waals surface area contributed by atoms with Crippen molar-refractivity contribution in [3.8, 4) is 0 Å². The van der Waals surface area contributed by atoms with E-state index in [1.165, 1.54) is 18.4 Å². The molecule has 0 aromatic carbocycles. The van der Waals surface area contributed by atoms with E-state index >= 15 is 0 Å². The lowest BCUT2D eigenvalue weighted by Crippen LogP contribution is -2.33. The maximum Gasteiger partial charge on any atom is 0.177 e. The SMILES string of the molecule is CC1(C)CCC(c2nc3nccc(C4CCNCC4)c3[nH]2)CO1.Cl.Cl. The van der Waals surface area contributed by atoms with E-state index < -0.39 is 0 Å². The summed E-state index contributed by atoms with van der Waals surface area (Å²) in [6, 6.07) is 2.17. The van der Waals surface area contributed by atoms with Crippen LogP contribution in [0.2, 0.25) is 0 Å². The van der Waals surface area contributed by atoms with Crippen molar-refractivity contribution in [2.45, 2.75) is 57.0 Å². The lowest BCUT2D eigenvalue weighted by molar-refractivity contribution is -0.0620. The van der Waals surface area contributed by atoms with Gasteiger partial charge in [0, 0.05) is 12.1 Å². The van der Waals surface area contributed by atoms with E-state index in [4.69, 9.17) is 9.72 Å². The Morgan fingerprint density at radius 1 is 1.12 bits per heavy atom. The van der Waals surface area contributed by atoms with Gasteiger partial charge < -0.3 is 15.0 Å². The summed E-state index contributed by atoms with van der Waals surface area (Å²) in [6.07, 6.45) is 6.48. The van der Waals surface area contributed by atoms with Crippen molar-refractivity contribution in [1.82, 2.24) is 20.3 Å². The van der Waals surface area contributed by atoms with Crippen molar-refractivity contribution in [3.63, 3.8) is 0 Å². The molecule has 2 N–H and O–H groups in total. The van der Waals surface area contributed by atoms with Gasteiger partial charge in [0.05, 0.1) is 17.7 Å². The van der Waals surface area contributed by atoms with Crippen LogP contribution in [0, 0.1) is 0 Å². The van der Waals surface area contributed by atoms with E-state index in [-0.39, 0.29) is 30.4 Å². The van der Waals surface area contributed by atoms with Crippen molar-refractivity contribution in [2.24, 2.45) is 0 Å². The van der Waals surface area contributed by atoms with Gasteiger partial charge in [0.2, 0.25) is 0 Å². The van der Waals surface area contributed by atoms with Crippen LogP contribution in [0.15, 0.2) is 12.3 Å². The molecule has 0 aliphatic carbocycles. The second kappa shape index (κ2) is 8.21. The highest BCUT2D eigenvalue weighted by Crippen LogP contribution is 2.34. The molecule has 1 unspecified atom stereocenters. The first kappa shape index (κ1) is 20.4. The van der Waals surface area contributed by atoms with Crippen LogP contribution in [-0.2, 0) is 4.74 Å². The standard InChI is InChI=1S/C18H26N4O.2ClH/c1-18(2)7-3-13(11-23-18)16-21-15-14(6-10-20-17(15)22-16)12-4-8-19-9-5-12;;/h6,10,12-13,19H,3-5,7-9,11H2,1-2H3,(H,20,21,22);2*1H. The fraction of sp³-hybridized carbons (Fsp3) is 0.667. The van der Waals surface area contributed by atoms with Crippen LogP contribution in [0.4, 0.5) is 0 Å². The van der Waals surface area contributed by atoms with E-state index in [2.05, 4.69) is 35.2 Å². The van der Waals surface area contributed by atoms with Crippen LogP contribution < -0.4 is 5.32 Å². The molecule has 7 heteroatoms. The summed E-state index contributed by atoms with van der Waals surface area (Å²) in [7, 11) is 0. The first-order valence-corrected chi connectivity index (χ1v) is 8.81. The van der Waals surface area contributed by atoms with Crippen molar-refractivity contribution in [1.29, 1.82) is 0 Å². The highest BCUT2D eigenvalue weighted by atomic mass is 35.5. The summed E-state index contributed by atoms with van der Waals surface area (Å²) in [4.78, 5) is 12.8. The number of aromatic amines is 1. The number of nitrogens with one attached hydrogen (secondary N) is 2. The fourth-order valence-corrected chi connectivity index (χ4v) is 3.83. The number of aromatic nitrogens is 3. The minimum Gasteiger partial charge on any atom is -0.375 e. The van der Waals surface area contributed by atoms with Gasteiger partial charge in [-0.3, -0.25) is 0 Å². The van der Waals surface area contributed by atoms with Gasteiger partial charge in [-0.2, -0.15) is 0 Å². The summed E-state index contributed by atoms with van der Waals surface area (Å²) in [5, 5.41) is 3.44. The van der Waals surface area contributed by atoms with Crippen LogP contribution in [0.5, 0.6) is 0 Å². The predicted octanol–water partition coefficient (Wildman–Crippen LogP) is 3.94. The first-order valence-electron chi connectivity index (χ1n) is 8.81. The molecule has 2 aliphatic rings. The van der Waals surface area contributed by atoms with Gasteiger partial charge in [-0.05, 0) is 70.2 Å². The molecule has 2 aliphatic heterocycles. The number of nitrogens with zero attached hydrogens (tertiary/aromatic N) is 2. The van der Waals surface area contributed by atoms with E-state index in [0.717, 1.165) is 49.5 Å². The molecular formula is C18H28Cl2N4O.